The number of rotatable bonds is 0. The first-order chi connectivity index (χ1) is 9.69. The lowest BCUT2D eigenvalue weighted by atomic mass is 10.1. The number of pyridine rings is 2. The minimum atomic E-state index is 0.911. The van der Waals surface area contributed by atoms with E-state index in [1.165, 1.54) is 22.3 Å². The summed E-state index contributed by atoms with van der Waals surface area (Å²) >= 11 is 0. The molecule has 2 aromatic rings. The van der Waals surface area contributed by atoms with Crippen LogP contribution in [-0.4, -0.2) is 33.9 Å². The van der Waals surface area contributed by atoms with Gasteiger partial charge in [-0.05, 0) is 36.3 Å². The molecule has 0 aliphatic carbocycles. The van der Waals surface area contributed by atoms with Gasteiger partial charge in [-0.3, -0.25) is 19.8 Å². The van der Waals surface area contributed by atoms with E-state index in [-0.39, 0.29) is 0 Å². The highest BCUT2D eigenvalue weighted by Gasteiger charge is 2.09. The predicted molar refractivity (Wildman–Crippen MR) is 78.8 cm³/mol. The van der Waals surface area contributed by atoms with Gasteiger partial charge in [-0.1, -0.05) is 12.1 Å². The van der Waals surface area contributed by atoms with Gasteiger partial charge in [-0.15, -0.1) is 0 Å². The van der Waals surface area contributed by atoms with E-state index in [1.54, 1.807) is 0 Å². The number of fused-ring (bicyclic) bond motifs is 4. The van der Waals surface area contributed by atoms with Gasteiger partial charge in [0.2, 0.25) is 0 Å². The van der Waals surface area contributed by atoms with Gasteiger partial charge in [0.1, 0.15) is 0 Å². The van der Waals surface area contributed by atoms with Crippen molar-refractivity contribution in [2.24, 2.45) is 0 Å². The van der Waals surface area contributed by atoms with Crippen LogP contribution in [-0.2, 0) is 26.2 Å². The Morgan fingerprint density at radius 2 is 0.950 bits per heavy atom. The molecule has 3 heterocycles. The van der Waals surface area contributed by atoms with Crippen LogP contribution in [0.5, 0.6) is 0 Å². The van der Waals surface area contributed by atoms with Crippen molar-refractivity contribution >= 4 is 0 Å². The van der Waals surface area contributed by atoms with E-state index in [0.29, 0.717) is 0 Å². The molecule has 0 saturated heterocycles. The van der Waals surface area contributed by atoms with Gasteiger partial charge in [-0.2, -0.15) is 0 Å². The molecule has 0 atom stereocenters. The molecular formula is C16H20N4. The number of hydrogen-bond acceptors (Lipinski definition) is 4. The highest BCUT2D eigenvalue weighted by molar-refractivity contribution is 5.21. The summed E-state index contributed by atoms with van der Waals surface area (Å²) in [4.78, 5) is 13.3. The summed E-state index contributed by atoms with van der Waals surface area (Å²) in [6, 6.07) is 4.52. The molecule has 104 valence electrons. The largest absolute Gasteiger partial charge is 0.298 e. The minimum Gasteiger partial charge on any atom is -0.298 e. The predicted octanol–water partition coefficient (Wildman–Crippen LogP) is 2.05. The molecule has 0 amide bonds. The van der Waals surface area contributed by atoms with Gasteiger partial charge in [-0.25, -0.2) is 0 Å². The third-order valence-corrected chi connectivity index (χ3v) is 3.51. The van der Waals surface area contributed by atoms with Crippen LogP contribution in [0, 0.1) is 0 Å². The van der Waals surface area contributed by atoms with Crippen LogP contribution in [0.15, 0.2) is 36.9 Å². The van der Waals surface area contributed by atoms with Crippen molar-refractivity contribution in [1.82, 2.24) is 19.8 Å². The normalized spacial score (nSPS) is 17.3. The molecule has 0 fully saturated rings. The van der Waals surface area contributed by atoms with Crippen LogP contribution in [0.3, 0.4) is 0 Å². The summed E-state index contributed by atoms with van der Waals surface area (Å²) in [5.41, 5.74) is 5.07. The van der Waals surface area contributed by atoms with E-state index in [9.17, 15) is 0 Å². The molecule has 0 N–H and O–H groups in total. The van der Waals surface area contributed by atoms with Crippen molar-refractivity contribution in [3.63, 3.8) is 0 Å². The average Bonchev–Trinajstić information content (AvgIpc) is 2.38. The molecule has 3 rings (SSSR count). The van der Waals surface area contributed by atoms with E-state index in [2.05, 4.69) is 46.0 Å². The Balaban J connectivity index is 1.93. The first kappa shape index (κ1) is 13.2. The van der Waals surface area contributed by atoms with Crippen LogP contribution >= 0.6 is 0 Å². The van der Waals surface area contributed by atoms with Gasteiger partial charge >= 0.3 is 0 Å². The monoisotopic (exact) mass is 268 g/mol. The molecule has 0 saturated carbocycles. The van der Waals surface area contributed by atoms with Gasteiger partial charge in [0.15, 0.2) is 0 Å². The third kappa shape index (κ3) is 3.21. The lowest BCUT2D eigenvalue weighted by Gasteiger charge is -2.21. The van der Waals surface area contributed by atoms with Crippen molar-refractivity contribution in [3.8, 4) is 0 Å². The first-order valence-corrected chi connectivity index (χ1v) is 6.92. The zero-order chi connectivity index (χ0) is 13.9. The Morgan fingerprint density at radius 1 is 0.650 bits per heavy atom. The SMILES string of the molecule is CN1Cc2cncc(c2)CN(C)Cc2cncc(c2)C1. The van der Waals surface area contributed by atoms with Crippen LogP contribution < -0.4 is 0 Å². The van der Waals surface area contributed by atoms with Crippen LogP contribution in [0.2, 0.25) is 0 Å². The zero-order valence-electron chi connectivity index (χ0n) is 12.1. The number of hydrogen-bond donors (Lipinski definition) is 0. The molecule has 0 unspecified atom stereocenters. The Kier molecular flexibility index (Phi) is 3.76. The van der Waals surface area contributed by atoms with Gasteiger partial charge < -0.3 is 0 Å². The topological polar surface area (TPSA) is 32.3 Å². The standard InChI is InChI=1S/C16H20N4/c1-19-9-13-3-15(7-17-5-13)11-20(2)12-16-4-14(10-19)6-18-8-16/h3-8H,9-12H2,1-2H3. The molecule has 1 aliphatic heterocycles. The van der Waals surface area contributed by atoms with Gasteiger partial charge in [0.05, 0.1) is 0 Å². The maximum atomic E-state index is 4.37. The maximum Gasteiger partial charge on any atom is 0.0313 e. The lowest BCUT2D eigenvalue weighted by molar-refractivity contribution is 0.307. The third-order valence-electron chi connectivity index (χ3n) is 3.51. The molecule has 0 spiro atoms. The van der Waals surface area contributed by atoms with Crippen molar-refractivity contribution < 1.29 is 0 Å². The van der Waals surface area contributed by atoms with Crippen molar-refractivity contribution in [2.75, 3.05) is 14.1 Å². The smallest absolute Gasteiger partial charge is 0.0313 e. The fourth-order valence-corrected chi connectivity index (χ4v) is 2.79. The van der Waals surface area contributed by atoms with E-state index >= 15 is 0 Å². The molecule has 2 aromatic heterocycles. The molecule has 20 heavy (non-hydrogen) atoms. The summed E-state index contributed by atoms with van der Waals surface area (Å²) in [6.45, 7) is 3.65. The quantitative estimate of drug-likeness (QED) is 0.732. The Hall–Kier alpha value is -1.78. The van der Waals surface area contributed by atoms with E-state index in [1.807, 2.05) is 24.8 Å². The molecule has 0 aromatic carbocycles. The number of aromatic nitrogens is 2. The summed E-state index contributed by atoms with van der Waals surface area (Å²) in [6.07, 6.45) is 7.84. The zero-order valence-corrected chi connectivity index (χ0v) is 12.1. The average molecular weight is 268 g/mol. The van der Waals surface area contributed by atoms with E-state index in [0.717, 1.165) is 26.2 Å². The molecule has 0 radical (unpaired) electrons. The first-order valence-electron chi connectivity index (χ1n) is 6.92. The number of nitrogens with zero attached hydrogens (tertiary/aromatic N) is 4. The van der Waals surface area contributed by atoms with Gasteiger partial charge in [0.25, 0.3) is 0 Å². The van der Waals surface area contributed by atoms with Crippen LogP contribution in [0.25, 0.3) is 0 Å². The van der Waals surface area contributed by atoms with Gasteiger partial charge in [0, 0.05) is 51.0 Å². The fourth-order valence-electron chi connectivity index (χ4n) is 2.79. The Bertz CT molecular complexity index is 501. The summed E-state index contributed by atoms with van der Waals surface area (Å²) in [5, 5.41) is 0. The molecular weight excluding hydrogens is 248 g/mol. The second-order valence-corrected chi connectivity index (χ2v) is 5.75. The van der Waals surface area contributed by atoms with Crippen molar-refractivity contribution in [1.29, 1.82) is 0 Å². The van der Waals surface area contributed by atoms with Crippen LogP contribution in [0.1, 0.15) is 22.3 Å². The fraction of sp³-hybridized carbons (Fsp3) is 0.375. The highest BCUT2D eigenvalue weighted by Crippen LogP contribution is 2.14. The summed E-state index contributed by atoms with van der Waals surface area (Å²) < 4.78 is 0. The highest BCUT2D eigenvalue weighted by atomic mass is 15.1. The van der Waals surface area contributed by atoms with Crippen molar-refractivity contribution in [3.05, 3.63) is 59.2 Å². The Labute approximate surface area is 120 Å². The Morgan fingerprint density at radius 3 is 1.25 bits per heavy atom. The minimum absolute atomic E-state index is 0.911. The summed E-state index contributed by atoms with van der Waals surface area (Å²) in [5.74, 6) is 0. The molecule has 4 heteroatoms. The lowest BCUT2D eigenvalue weighted by Crippen LogP contribution is -2.21. The summed E-state index contributed by atoms with van der Waals surface area (Å²) in [7, 11) is 4.27. The molecule has 1 aliphatic rings. The molecule has 4 nitrogen and oxygen atoms in total. The maximum absolute atomic E-state index is 4.37. The molecule has 4 bridgehead atoms. The second kappa shape index (κ2) is 5.69. The van der Waals surface area contributed by atoms with Crippen molar-refractivity contribution in [2.45, 2.75) is 26.2 Å². The second-order valence-electron chi connectivity index (χ2n) is 5.75. The van der Waals surface area contributed by atoms with Crippen LogP contribution in [0.4, 0.5) is 0 Å². The van der Waals surface area contributed by atoms with E-state index < -0.39 is 0 Å². The van der Waals surface area contributed by atoms with E-state index in [4.69, 9.17) is 0 Å².